The van der Waals surface area contributed by atoms with Gasteiger partial charge < -0.3 is 19.6 Å². The first-order valence-electron chi connectivity index (χ1n) is 8.61. The van der Waals surface area contributed by atoms with Crippen LogP contribution in [-0.2, 0) is 0 Å². The number of imidazole rings is 1. The van der Waals surface area contributed by atoms with E-state index in [-0.39, 0.29) is 5.91 Å². The van der Waals surface area contributed by atoms with Gasteiger partial charge >= 0.3 is 0 Å². The van der Waals surface area contributed by atoms with Crippen molar-refractivity contribution in [1.82, 2.24) is 19.9 Å². The van der Waals surface area contributed by atoms with Crippen LogP contribution in [0.4, 0.5) is 0 Å². The molecule has 6 nitrogen and oxygen atoms in total. The van der Waals surface area contributed by atoms with Gasteiger partial charge in [0.2, 0.25) is 0 Å². The molecule has 3 heterocycles. The molecular weight excluding hydrogens is 316 g/mol. The molecule has 1 aliphatic rings. The summed E-state index contributed by atoms with van der Waals surface area (Å²) < 4.78 is 5.36. The zero-order valence-electron chi connectivity index (χ0n) is 14.5. The van der Waals surface area contributed by atoms with Crippen molar-refractivity contribution >= 4 is 16.8 Å². The van der Waals surface area contributed by atoms with Crippen LogP contribution in [0.15, 0.2) is 30.6 Å². The number of carbonyl (C=O) groups excluding carboxylic acids is 1. The van der Waals surface area contributed by atoms with Crippen molar-refractivity contribution in [2.45, 2.75) is 25.7 Å². The number of hydrogen-bond donors (Lipinski definition) is 2. The van der Waals surface area contributed by atoms with E-state index in [1.54, 1.807) is 13.3 Å². The van der Waals surface area contributed by atoms with Crippen LogP contribution in [0, 0.1) is 6.92 Å². The van der Waals surface area contributed by atoms with Gasteiger partial charge in [0.05, 0.1) is 13.3 Å². The van der Waals surface area contributed by atoms with E-state index in [1.807, 2.05) is 17.9 Å². The maximum absolute atomic E-state index is 12.5. The number of aromatic nitrogens is 3. The number of H-pyrrole nitrogens is 2. The number of carbonyl (C=O) groups is 1. The third kappa shape index (κ3) is 2.88. The quantitative estimate of drug-likeness (QED) is 0.770. The van der Waals surface area contributed by atoms with Gasteiger partial charge in [-0.1, -0.05) is 0 Å². The van der Waals surface area contributed by atoms with Crippen LogP contribution in [0.2, 0.25) is 0 Å². The third-order valence-electron chi connectivity index (χ3n) is 5.08. The highest BCUT2D eigenvalue weighted by Crippen LogP contribution is 2.34. The van der Waals surface area contributed by atoms with Crippen molar-refractivity contribution < 1.29 is 9.53 Å². The molecular formula is C19H22N4O2. The lowest BCUT2D eigenvalue weighted by Gasteiger charge is -2.31. The smallest absolute Gasteiger partial charge is 0.271 e. The van der Waals surface area contributed by atoms with Crippen LogP contribution >= 0.6 is 0 Å². The summed E-state index contributed by atoms with van der Waals surface area (Å²) in [6.45, 7) is 3.38. The summed E-state index contributed by atoms with van der Waals surface area (Å²) in [7, 11) is 1.69. The number of likely N-dealkylation sites (tertiary alicyclic amines) is 1. The van der Waals surface area contributed by atoms with E-state index >= 15 is 0 Å². The van der Waals surface area contributed by atoms with Crippen LogP contribution in [0.1, 0.15) is 40.6 Å². The molecule has 3 aromatic rings. The predicted molar refractivity (Wildman–Crippen MR) is 96.1 cm³/mol. The fraction of sp³-hybridized carbons (Fsp3) is 0.368. The SMILES string of the molecule is COc1ccc2[nH]cc(C3CCN(C(=O)c4cnc(C)[nH]4)CC3)c2c1. The summed E-state index contributed by atoms with van der Waals surface area (Å²) in [5.41, 5.74) is 3.02. The number of rotatable bonds is 3. The predicted octanol–water partition coefficient (Wildman–Crippen LogP) is 3.23. The van der Waals surface area contributed by atoms with E-state index in [0.29, 0.717) is 11.6 Å². The Morgan fingerprint density at radius 1 is 1.32 bits per heavy atom. The molecule has 1 aromatic carbocycles. The van der Waals surface area contributed by atoms with E-state index in [1.165, 1.54) is 10.9 Å². The lowest BCUT2D eigenvalue weighted by Crippen LogP contribution is -2.38. The number of nitrogens with zero attached hydrogens (tertiary/aromatic N) is 2. The van der Waals surface area contributed by atoms with Crippen LogP contribution in [-0.4, -0.2) is 46.0 Å². The fourth-order valence-corrected chi connectivity index (χ4v) is 3.68. The second-order valence-electron chi connectivity index (χ2n) is 6.60. The number of methoxy groups -OCH3 is 1. The summed E-state index contributed by atoms with van der Waals surface area (Å²) in [6.07, 6.45) is 5.65. The fourth-order valence-electron chi connectivity index (χ4n) is 3.68. The highest BCUT2D eigenvalue weighted by atomic mass is 16.5. The number of hydrogen-bond acceptors (Lipinski definition) is 3. The van der Waals surface area contributed by atoms with Gasteiger partial charge in [-0.15, -0.1) is 0 Å². The number of ether oxygens (including phenoxy) is 1. The average molecular weight is 338 g/mol. The summed E-state index contributed by atoms with van der Waals surface area (Å²) >= 11 is 0. The Hall–Kier alpha value is -2.76. The summed E-state index contributed by atoms with van der Waals surface area (Å²) in [5.74, 6) is 2.13. The number of nitrogens with one attached hydrogen (secondary N) is 2. The number of fused-ring (bicyclic) bond motifs is 1. The molecule has 0 aliphatic carbocycles. The highest BCUT2D eigenvalue weighted by molar-refractivity contribution is 5.92. The minimum Gasteiger partial charge on any atom is -0.497 e. The minimum absolute atomic E-state index is 0.0413. The van der Waals surface area contributed by atoms with Gasteiger partial charge in [-0.05, 0) is 49.4 Å². The molecule has 1 saturated heterocycles. The molecule has 1 amide bonds. The van der Waals surface area contributed by atoms with Crippen LogP contribution in [0.5, 0.6) is 5.75 Å². The van der Waals surface area contributed by atoms with E-state index in [2.05, 4.69) is 33.3 Å². The Morgan fingerprint density at radius 2 is 2.12 bits per heavy atom. The van der Waals surface area contributed by atoms with Crippen molar-refractivity contribution in [2.75, 3.05) is 20.2 Å². The van der Waals surface area contributed by atoms with Gasteiger partial charge in [0.1, 0.15) is 17.3 Å². The van der Waals surface area contributed by atoms with Gasteiger partial charge in [-0.25, -0.2) is 4.98 Å². The number of aryl methyl sites for hydroxylation is 1. The lowest BCUT2D eigenvalue weighted by atomic mass is 9.89. The number of benzene rings is 1. The zero-order valence-corrected chi connectivity index (χ0v) is 14.5. The Kier molecular flexibility index (Phi) is 3.95. The first-order chi connectivity index (χ1) is 12.2. The lowest BCUT2D eigenvalue weighted by molar-refractivity contribution is 0.0708. The Labute approximate surface area is 146 Å². The summed E-state index contributed by atoms with van der Waals surface area (Å²) in [4.78, 5) is 24.9. The summed E-state index contributed by atoms with van der Waals surface area (Å²) in [5, 5.41) is 1.22. The maximum Gasteiger partial charge on any atom is 0.271 e. The zero-order chi connectivity index (χ0) is 17.4. The molecule has 2 aromatic heterocycles. The van der Waals surface area contributed by atoms with E-state index < -0.39 is 0 Å². The van der Waals surface area contributed by atoms with Gasteiger partial charge in [-0.3, -0.25) is 4.79 Å². The second-order valence-corrected chi connectivity index (χ2v) is 6.60. The van der Waals surface area contributed by atoms with Crippen LogP contribution in [0.25, 0.3) is 10.9 Å². The second kappa shape index (κ2) is 6.27. The monoisotopic (exact) mass is 338 g/mol. The van der Waals surface area contributed by atoms with Crippen molar-refractivity contribution in [3.8, 4) is 5.75 Å². The average Bonchev–Trinajstić information content (AvgIpc) is 3.27. The number of piperidine rings is 1. The largest absolute Gasteiger partial charge is 0.497 e. The molecule has 6 heteroatoms. The van der Waals surface area contributed by atoms with E-state index in [9.17, 15) is 4.79 Å². The number of aromatic amines is 2. The molecule has 0 radical (unpaired) electrons. The van der Waals surface area contributed by atoms with E-state index in [4.69, 9.17) is 4.74 Å². The summed E-state index contributed by atoms with van der Waals surface area (Å²) in [6, 6.07) is 6.11. The van der Waals surface area contributed by atoms with Crippen molar-refractivity contribution in [2.24, 2.45) is 0 Å². The van der Waals surface area contributed by atoms with E-state index in [0.717, 1.165) is 43.0 Å². The van der Waals surface area contributed by atoms with Crippen LogP contribution in [0.3, 0.4) is 0 Å². The van der Waals surface area contributed by atoms with Crippen molar-refractivity contribution in [1.29, 1.82) is 0 Å². The van der Waals surface area contributed by atoms with Gasteiger partial charge in [-0.2, -0.15) is 0 Å². The molecule has 0 spiro atoms. The molecule has 2 N–H and O–H groups in total. The number of amides is 1. The highest BCUT2D eigenvalue weighted by Gasteiger charge is 2.26. The molecule has 0 saturated carbocycles. The first-order valence-corrected chi connectivity index (χ1v) is 8.61. The molecule has 0 unspecified atom stereocenters. The molecule has 4 rings (SSSR count). The Bertz CT molecular complexity index is 903. The Morgan fingerprint density at radius 3 is 2.80 bits per heavy atom. The van der Waals surface area contributed by atoms with Crippen molar-refractivity contribution in [3.63, 3.8) is 0 Å². The van der Waals surface area contributed by atoms with Gasteiger partial charge in [0.15, 0.2) is 0 Å². The minimum atomic E-state index is 0.0413. The molecule has 130 valence electrons. The molecule has 0 bridgehead atoms. The molecule has 25 heavy (non-hydrogen) atoms. The first kappa shape index (κ1) is 15.7. The molecule has 1 fully saturated rings. The van der Waals surface area contributed by atoms with Gasteiger partial charge in [0, 0.05) is 30.2 Å². The Balaban J connectivity index is 1.49. The maximum atomic E-state index is 12.5. The molecule has 0 atom stereocenters. The van der Waals surface area contributed by atoms with Crippen LogP contribution < -0.4 is 4.74 Å². The third-order valence-corrected chi connectivity index (χ3v) is 5.08. The normalized spacial score (nSPS) is 15.7. The topological polar surface area (TPSA) is 74.0 Å². The standard InChI is InChI=1S/C19H22N4O2/c1-12-20-11-18(22-12)19(24)23-7-5-13(6-8-23)16-10-21-17-4-3-14(25-2)9-15(16)17/h3-4,9-11,13,21H,5-8H2,1-2H3,(H,20,22). The molecule has 1 aliphatic heterocycles. The van der Waals surface area contributed by atoms with Crippen molar-refractivity contribution in [3.05, 3.63) is 47.7 Å². The van der Waals surface area contributed by atoms with Gasteiger partial charge in [0.25, 0.3) is 5.91 Å².